The summed E-state index contributed by atoms with van der Waals surface area (Å²) in [4.78, 5) is 15.8. The van der Waals surface area contributed by atoms with Crippen molar-refractivity contribution >= 4 is 11.7 Å². The van der Waals surface area contributed by atoms with Crippen molar-refractivity contribution < 1.29 is 4.79 Å². The van der Waals surface area contributed by atoms with Gasteiger partial charge in [0, 0.05) is 25.1 Å². The Morgan fingerprint density at radius 3 is 2.50 bits per heavy atom. The summed E-state index contributed by atoms with van der Waals surface area (Å²) in [5, 5.41) is 0. The number of anilines is 1. The molecule has 3 nitrogen and oxygen atoms in total. The summed E-state index contributed by atoms with van der Waals surface area (Å²) >= 11 is 0. The molecule has 0 spiro atoms. The molecule has 0 saturated carbocycles. The van der Waals surface area contributed by atoms with Crippen molar-refractivity contribution in [1.82, 2.24) is 9.80 Å². The molecule has 1 aliphatic heterocycles. The van der Waals surface area contributed by atoms with Crippen LogP contribution in [-0.2, 0) is 0 Å². The van der Waals surface area contributed by atoms with Gasteiger partial charge in [-0.05, 0) is 4.90 Å². The zero-order chi connectivity index (χ0) is 11.7. The number of rotatable bonds is 2. The van der Waals surface area contributed by atoms with Crippen LogP contribution in [0.5, 0.6) is 0 Å². The van der Waals surface area contributed by atoms with Crippen molar-refractivity contribution in [2.75, 3.05) is 13.6 Å². The fourth-order valence-corrected chi connectivity index (χ4v) is 2.17. The third-order valence-electron chi connectivity index (χ3n) is 3.13. The summed E-state index contributed by atoms with van der Waals surface area (Å²) in [5.74, 6) is 0.467. The number of hydrogen-bond acceptors (Lipinski definition) is 1. The SMILES string of the molecule is CC(C)[C@@H]1CN(C)C(=O)[N+]1c1ccccc1. The third-order valence-corrected chi connectivity index (χ3v) is 3.13. The van der Waals surface area contributed by atoms with Gasteiger partial charge in [-0.1, -0.05) is 32.0 Å². The summed E-state index contributed by atoms with van der Waals surface area (Å²) in [7, 11) is 1.86. The number of hydrogen-bond donors (Lipinski definition) is 0. The van der Waals surface area contributed by atoms with E-state index in [0.29, 0.717) is 5.92 Å². The highest BCUT2D eigenvalue weighted by molar-refractivity contribution is 5.85. The van der Waals surface area contributed by atoms with E-state index in [4.69, 9.17) is 0 Å². The quantitative estimate of drug-likeness (QED) is 0.701. The van der Waals surface area contributed by atoms with E-state index < -0.39 is 0 Å². The first-order valence-corrected chi connectivity index (χ1v) is 5.70. The lowest BCUT2D eigenvalue weighted by atomic mass is 10.0. The molecule has 3 heteroatoms. The van der Waals surface area contributed by atoms with E-state index in [1.807, 2.05) is 42.3 Å². The number of carbonyl (C=O) groups excluding carboxylic acids is 1. The van der Waals surface area contributed by atoms with Gasteiger partial charge in [0.15, 0.2) is 11.7 Å². The Hall–Kier alpha value is -1.35. The second-order valence-corrected chi connectivity index (χ2v) is 4.68. The minimum atomic E-state index is 0.102. The van der Waals surface area contributed by atoms with Crippen molar-refractivity contribution in [3.63, 3.8) is 0 Å². The smallest absolute Gasteiger partial charge is 0.285 e. The van der Waals surface area contributed by atoms with Gasteiger partial charge in [0.05, 0.1) is 6.54 Å². The lowest BCUT2D eigenvalue weighted by Crippen LogP contribution is -2.38. The second-order valence-electron chi connectivity index (χ2n) is 4.68. The Bertz CT molecular complexity index is 375. The molecule has 2 amide bonds. The van der Waals surface area contributed by atoms with Gasteiger partial charge >= 0.3 is 6.03 Å². The Morgan fingerprint density at radius 1 is 1.31 bits per heavy atom. The predicted molar refractivity (Wildman–Crippen MR) is 64.9 cm³/mol. The van der Waals surface area contributed by atoms with Crippen molar-refractivity contribution in [2.45, 2.75) is 19.9 Å². The predicted octanol–water partition coefficient (Wildman–Crippen LogP) is 2.55. The molecule has 2 rings (SSSR count). The van der Waals surface area contributed by atoms with E-state index in [9.17, 15) is 4.79 Å². The molecule has 1 atom stereocenters. The van der Waals surface area contributed by atoms with E-state index >= 15 is 0 Å². The van der Waals surface area contributed by atoms with Crippen LogP contribution in [0.25, 0.3) is 0 Å². The molecule has 1 radical (unpaired) electrons. The number of para-hydroxylation sites is 1. The number of benzene rings is 1. The molecule has 85 valence electrons. The van der Waals surface area contributed by atoms with Crippen LogP contribution < -0.4 is 4.90 Å². The first-order valence-electron chi connectivity index (χ1n) is 5.70. The van der Waals surface area contributed by atoms with Gasteiger partial charge in [-0.3, -0.25) is 4.90 Å². The molecule has 1 aliphatic rings. The number of likely N-dealkylation sites (N-methyl/N-ethyl adjacent to an activating group) is 1. The zero-order valence-corrected chi connectivity index (χ0v) is 10.1. The number of amides is 2. The second kappa shape index (κ2) is 4.26. The van der Waals surface area contributed by atoms with Gasteiger partial charge in [0.1, 0.15) is 0 Å². The molecular formula is C13H18N2O+. The Labute approximate surface area is 96.7 Å². The van der Waals surface area contributed by atoms with Gasteiger partial charge in [-0.2, -0.15) is 0 Å². The highest BCUT2D eigenvalue weighted by Gasteiger charge is 2.49. The zero-order valence-electron chi connectivity index (χ0n) is 10.1. The van der Waals surface area contributed by atoms with E-state index in [1.165, 1.54) is 0 Å². The van der Waals surface area contributed by atoms with Crippen molar-refractivity contribution in [3.8, 4) is 0 Å². The van der Waals surface area contributed by atoms with Crippen LogP contribution in [0.4, 0.5) is 10.5 Å². The van der Waals surface area contributed by atoms with Crippen molar-refractivity contribution in [3.05, 3.63) is 30.3 Å². The minimum Gasteiger partial charge on any atom is -0.285 e. The summed E-state index contributed by atoms with van der Waals surface area (Å²) in [6, 6.07) is 10.3. The third kappa shape index (κ3) is 1.83. The van der Waals surface area contributed by atoms with Gasteiger partial charge in [-0.15, -0.1) is 0 Å². The van der Waals surface area contributed by atoms with Crippen LogP contribution in [0, 0.1) is 5.92 Å². The van der Waals surface area contributed by atoms with Crippen LogP contribution in [0.2, 0.25) is 0 Å². The molecule has 1 aromatic rings. The molecule has 0 aromatic heterocycles. The Balaban J connectivity index is 2.33. The summed E-state index contributed by atoms with van der Waals surface area (Å²) in [6.07, 6.45) is 0. The molecule has 0 aliphatic carbocycles. The van der Waals surface area contributed by atoms with Crippen LogP contribution in [0.1, 0.15) is 13.8 Å². The molecule has 0 N–H and O–H groups in total. The molecule has 1 fully saturated rings. The molecule has 0 bridgehead atoms. The maximum absolute atomic E-state index is 12.1. The topological polar surface area (TPSA) is 26.2 Å². The van der Waals surface area contributed by atoms with Crippen molar-refractivity contribution in [1.29, 1.82) is 0 Å². The van der Waals surface area contributed by atoms with Crippen LogP contribution in [0.3, 0.4) is 0 Å². The Kier molecular flexibility index (Phi) is 2.97. The lowest BCUT2D eigenvalue weighted by molar-refractivity contribution is 0.219. The average Bonchev–Trinajstić information content (AvgIpc) is 2.57. The molecule has 1 heterocycles. The normalized spacial score (nSPS) is 22.1. The maximum Gasteiger partial charge on any atom is 0.473 e. The van der Waals surface area contributed by atoms with E-state index in [2.05, 4.69) is 13.8 Å². The van der Waals surface area contributed by atoms with E-state index in [0.717, 1.165) is 12.2 Å². The fraction of sp³-hybridized carbons (Fsp3) is 0.462. The van der Waals surface area contributed by atoms with Crippen LogP contribution in [-0.4, -0.2) is 30.6 Å². The number of urea groups is 1. The van der Waals surface area contributed by atoms with Crippen LogP contribution >= 0.6 is 0 Å². The highest BCUT2D eigenvalue weighted by atomic mass is 16.2. The number of carbonyl (C=O) groups is 1. The van der Waals surface area contributed by atoms with Gasteiger partial charge < -0.3 is 0 Å². The minimum absolute atomic E-state index is 0.102. The van der Waals surface area contributed by atoms with Gasteiger partial charge in [-0.25, -0.2) is 4.79 Å². The van der Waals surface area contributed by atoms with Crippen LogP contribution in [0.15, 0.2) is 30.3 Å². The van der Waals surface area contributed by atoms with E-state index in [-0.39, 0.29) is 12.1 Å². The molecule has 16 heavy (non-hydrogen) atoms. The standard InChI is InChI=1S/C13H18N2O/c1-10(2)12-9-14(3)13(16)15(12)11-7-5-4-6-8-11/h4-8,10,12H,9H2,1-3H3/q+1/t12-/m0/s1. The summed E-state index contributed by atoms with van der Waals surface area (Å²) < 4.78 is 0. The maximum atomic E-state index is 12.1. The average molecular weight is 218 g/mol. The first-order chi connectivity index (χ1) is 7.61. The lowest BCUT2D eigenvalue weighted by Gasteiger charge is -2.13. The van der Waals surface area contributed by atoms with E-state index in [1.54, 1.807) is 4.90 Å². The first kappa shape index (κ1) is 11.1. The fourth-order valence-electron chi connectivity index (χ4n) is 2.17. The Morgan fingerprint density at radius 2 is 1.94 bits per heavy atom. The van der Waals surface area contributed by atoms with Gasteiger partial charge in [0.2, 0.25) is 0 Å². The molecule has 1 saturated heterocycles. The molecule has 0 unspecified atom stereocenters. The largest absolute Gasteiger partial charge is 0.473 e. The highest BCUT2D eigenvalue weighted by Crippen LogP contribution is 2.26. The summed E-state index contributed by atoms with van der Waals surface area (Å²) in [6.45, 7) is 5.13. The molecular weight excluding hydrogens is 200 g/mol. The number of nitrogens with zero attached hydrogens (tertiary/aromatic N) is 2. The van der Waals surface area contributed by atoms with Gasteiger partial charge in [0.25, 0.3) is 0 Å². The summed E-state index contributed by atoms with van der Waals surface area (Å²) in [5.41, 5.74) is 0.996. The van der Waals surface area contributed by atoms with Crippen molar-refractivity contribution in [2.24, 2.45) is 5.92 Å². The monoisotopic (exact) mass is 218 g/mol. The molecule has 1 aromatic carbocycles.